The van der Waals surface area contributed by atoms with Crippen LogP contribution in [0.5, 0.6) is 0 Å². The maximum absolute atomic E-state index is 13.3. The van der Waals surface area contributed by atoms with Gasteiger partial charge < -0.3 is 10.6 Å². The molecule has 0 radical (unpaired) electrons. The van der Waals surface area contributed by atoms with Gasteiger partial charge in [0.15, 0.2) is 5.96 Å². The summed E-state index contributed by atoms with van der Waals surface area (Å²) in [6.45, 7) is 3.71. The van der Waals surface area contributed by atoms with E-state index in [-0.39, 0.29) is 29.8 Å². The van der Waals surface area contributed by atoms with Crippen molar-refractivity contribution in [2.45, 2.75) is 20.0 Å². The van der Waals surface area contributed by atoms with E-state index < -0.39 is 0 Å². The number of nitrogens with one attached hydrogen (secondary N) is 2. The van der Waals surface area contributed by atoms with Gasteiger partial charge in [-0.05, 0) is 42.8 Å². The van der Waals surface area contributed by atoms with Crippen molar-refractivity contribution in [2.75, 3.05) is 6.54 Å². The Morgan fingerprint density at radius 1 is 1.26 bits per heavy atom. The second kappa shape index (κ2) is 10.5. The van der Waals surface area contributed by atoms with Crippen molar-refractivity contribution in [3.8, 4) is 0 Å². The number of aromatic nitrogens is 1. The molecule has 7 heteroatoms. The molecular formula is C16H19BrFIN4. The fourth-order valence-corrected chi connectivity index (χ4v) is 2.22. The molecule has 0 atom stereocenters. The van der Waals surface area contributed by atoms with Crippen molar-refractivity contribution < 1.29 is 4.39 Å². The Bertz CT molecular complexity index is 637. The van der Waals surface area contributed by atoms with Gasteiger partial charge in [-0.25, -0.2) is 9.38 Å². The second-order valence-electron chi connectivity index (χ2n) is 4.61. The molecule has 0 spiro atoms. The topological polar surface area (TPSA) is 49.3 Å². The van der Waals surface area contributed by atoms with Gasteiger partial charge in [-0.2, -0.15) is 0 Å². The standard InChI is InChI=1S/C16H18BrFN4.HI/c1-2-19-16(22-11-14-5-3-4-8-20-14)21-10-12-9-13(18)6-7-15(12)17;/h3-9H,2,10-11H2,1H3,(H2,19,21,22);1H. The van der Waals surface area contributed by atoms with E-state index in [2.05, 4.69) is 36.5 Å². The summed E-state index contributed by atoms with van der Waals surface area (Å²) >= 11 is 3.41. The first-order valence-corrected chi connectivity index (χ1v) is 7.84. The van der Waals surface area contributed by atoms with Crippen LogP contribution in [-0.2, 0) is 13.1 Å². The molecule has 0 bridgehead atoms. The lowest BCUT2D eigenvalue weighted by atomic mass is 10.2. The molecule has 2 aromatic rings. The Hall–Kier alpha value is -1.22. The van der Waals surface area contributed by atoms with E-state index in [1.807, 2.05) is 25.1 Å². The average molecular weight is 493 g/mol. The van der Waals surface area contributed by atoms with E-state index in [4.69, 9.17) is 0 Å². The van der Waals surface area contributed by atoms with Gasteiger partial charge in [0.25, 0.3) is 0 Å². The number of guanidine groups is 1. The van der Waals surface area contributed by atoms with Crippen LogP contribution in [0.2, 0.25) is 0 Å². The molecule has 0 saturated heterocycles. The lowest BCUT2D eigenvalue weighted by molar-refractivity contribution is 0.625. The van der Waals surface area contributed by atoms with Gasteiger partial charge in [0, 0.05) is 17.2 Å². The van der Waals surface area contributed by atoms with Crippen molar-refractivity contribution >= 4 is 45.9 Å². The molecule has 0 unspecified atom stereocenters. The highest BCUT2D eigenvalue weighted by Gasteiger charge is 2.03. The lowest BCUT2D eigenvalue weighted by Crippen LogP contribution is -2.37. The van der Waals surface area contributed by atoms with Gasteiger partial charge in [-0.3, -0.25) is 4.98 Å². The summed E-state index contributed by atoms with van der Waals surface area (Å²) in [5.41, 5.74) is 1.73. The highest BCUT2D eigenvalue weighted by atomic mass is 127. The number of hydrogen-bond acceptors (Lipinski definition) is 2. The normalized spacial score (nSPS) is 10.8. The van der Waals surface area contributed by atoms with Crippen molar-refractivity contribution in [2.24, 2.45) is 4.99 Å². The first kappa shape index (κ1) is 19.8. The lowest BCUT2D eigenvalue weighted by Gasteiger charge is -2.11. The minimum atomic E-state index is -0.264. The summed E-state index contributed by atoms with van der Waals surface area (Å²) in [5.74, 6) is 0.407. The molecule has 1 heterocycles. The molecule has 2 rings (SSSR count). The van der Waals surface area contributed by atoms with Gasteiger partial charge in [0.05, 0.1) is 18.8 Å². The highest BCUT2D eigenvalue weighted by Crippen LogP contribution is 2.18. The van der Waals surface area contributed by atoms with Gasteiger partial charge in [0.2, 0.25) is 0 Å². The van der Waals surface area contributed by atoms with E-state index in [1.165, 1.54) is 12.1 Å². The Kier molecular flexibility index (Phi) is 9.08. The zero-order valence-electron chi connectivity index (χ0n) is 12.7. The number of aliphatic imine (C=N–C) groups is 1. The van der Waals surface area contributed by atoms with E-state index in [0.29, 0.717) is 19.0 Å². The Labute approximate surface area is 161 Å². The van der Waals surface area contributed by atoms with Crippen LogP contribution in [0, 0.1) is 5.82 Å². The first-order valence-electron chi connectivity index (χ1n) is 7.05. The molecule has 0 saturated carbocycles. The van der Waals surface area contributed by atoms with E-state index in [0.717, 1.165) is 22.3 Å². The quantitative estimate of drug-likeness (QED) is 0.378. The average Bonchev–Trinajstić information content (AvgIpc) is 2.54. The van der Waals surface area contributed by atoms with Crippen molar-refractivity contribution in [3.63, 3.8) is 0 Å². The SMILES string of the molecule is CCNC(=NCc1cc(F)ccc1Br)NCc1ccccn1.I. The predicted octanol–water partition coefficient (Wildman–Crippen LogP) is 3.86. The summed E-state index contributed by atoms with van der Waals surface area (Å²) in [6.07, 6.45) is 1.75. The monoisotopic (exact) mass is 492 g/mol. The summed E-state index contributed by atoms with van der Waals surface area (Å²) in [5, 5.41) is 6.37. The van der Waals surface area contributed by atoms with E-state index in [9.17, 15) is 4.39 Å². The number of rotatable bonds is 5. The third kappa shape index (κ3) is 6.82. The molecule has 4 nitrogen and oxygen atoms in total. The fraction of sp³-hybridized carbons (Fsp3) is 0.250. The maximum Gasteiger partial charge on any atom is 0.191 e. The third-order valence-corrected chi connectivity index (χ3v) is 3.70. The largest absolute Gasteiger partial charge is 0.357 e. The zero-order chi connectivity index (χ0) is 15.8. The van der Waals surface area contributed by atoms with Gasteiger partial charge in [-0.15, -0.1) is 24.0 Å². The van der Waals surface area contributed by atoms with Gasteiger partial charge in [0.1, 0.15) is 5.82 Å². The Balaban J connectivity index is 0.00000264. The molecule has 1 aromatic heterocycles. The summed E-state index contributed by atoms with van der Waals surface area (Å²) in [6, 6.07) is 10.4. The van der Waals surface area contributed by atoms with Gasteiger partial charge in [-0.1, -0.05) is 22.0 Å². The number of pyridine rings is 1. The molecule has 23 heavy (non-hydrogen) atoms. The number of hydrogen-bond donors (Lipinski definition) is 2. The number of halogens is 3. The Morgan fingerprint density at radius 2 is 2.09 bits per heavy atom. The zero-order valence-corrected chi connectivity index (χ0v) is 16.6. The van der Waals surface area contributed by atoms with Crippen molar-refractivity contribution in [1.29, 1.82) is 0 Å². The fourth-order valence-electron chi connectivity index (χ4n) is 1.85. The van der Waals surface area contributed by atoms with Crippen molar-refractivity contribution in [3.05, 3.63) is 64.1 Å². The maximum atomic E-state index is 13.3. The minimum absolute atomic E-state index is 0. The summed E-state index contributed by atoms with van der Waals surface area (Å²) in [4.78, 5) is 8.72. The molecule has 0 amide bonds. The van der Waals surface area contributed by atoms with Gasteiger partial charge >= 0.3 is 0 Å². The Morgan fingerprint density at radius 3 is 2.78 bits per heavy atom. The minimum Gasteiger partial charge on any atom is -0.357 e. The second-order valence-corrected chi connectivity index (χ2v) is 5.46. The number of nitrogens with zero attached hydrogens (tertiary/aromatic N) is 2. The molecule has 1 aromatic carbocycles. The van der Waals surface area contributed by atoms with Crippen molar-refractivity contribution in [1.82, 2.24) is 15.6 Å². The van der Waals surface area contributed by atoms with Crippen LogP contribution >= 0.6 is 39.9 Å². The van der Waals surface area contributed by atoms with Crippen LogP contribution in [0.1, 0.15) is 18.2 Å². The van der Waals surface area contributed by atoms with Crippen LogP contribution in [0.15, 0.2) is 52.1 Å². The molecule has 0 aliphatic rings. The predicted molar refractivity (Wildman–Crippen MR) is 105 cm³/mol. The van der Waals surface area contributed by atoms with Crippen LogP contribution < -0.4 is 10.6 Å². The third-order valence-electron chi connectivity index (χ3n) is 2.92. The molecule has 0 fully saturated rings. The van der Waals surface area contributed by atoms with Crippen LogP contribution in [0.3, 0.4) is 0 Å². The van der Waals surface area contributed by atoms with Crippen LogP contribution in [0.4, 0.5) is 4.39 Å². The smallest absolute Gasteiger partial charge is 0.191 e. The molecule has 0 aliphatic carbocycles. The van der Waals surface area contributed by atoms with Crippen LogP contribution in [0.25, 0.3) is 0 Å². The highest BCUT2D eigenvalue weighted by molar-refractivity contribution is 14.0. The van der Waals surface area contributed by atoms with E-state index in [1.54, 1.807) is 12.3 Å². The molecule has 124 valence electrons. The molecule has 0 aliphatic heterocycles. The molecule has 2 N–H and O–H groups in total. The summed E-state index contributed by atoms with van der Waals surface area (Å²) < 4.78 is 14.1. The molecular weight excluding hydrogens is 474 g/mol. The number of benzene rings is 1. The first-order chi connectivity index (χ1) is 10.7. The van der Waals surface area contributed by atoms with Crippen LogP contribution in [-0.4, -0.2) is 17.5 Å². The summed E-state index contributed by atoms with van der Waals surface area (Å²) in [7, 11) is 0. The van der Waals surface area contributed by atoms with E-state index >= 15 is 0 Å².